The van der Waals surface area contributed by atoms with Crippen molar-refractivity contribution >= 4 is 40.1 Å². The maximum Gasteiger partial charge on any atom is 0.244 e. The van der Waals surface area contributed by atoms with Crippen LogP contribution in [0.2, 0.25) is 0 Å². The Bertz CT molecular complexity index is 1410. The van der Waals surface area contributed by atoms with E-state index in [9.17, 15) is 14.4 Å². The van der Waals surface area contributed by atoms with Crippen LogP contribution in [-0.4, -0.2) is 22.0 Å². The minimum atomic E-state index is -0.264. The Morgan fingerprint density at radius 3 is 2.31 bits per heavy atom. The van der Waals surface area contributed by atoms with Gasteiger partial charge in [0.05, 0.1) is 5.57 Å². The molecule has 0 aliphatic heterocycles. The number of allylic oxidation sites excluding steroid dienone is 1. The molecule has 0 spiro atoms. The number of carbonyl (C=O) groups excluding carboxylic acids is 3. The summed E-state index contributed by atoms with van der Waals surface area (Å²) in [5, 5.41) is 3.80. The van der Waals surface area contributed by atoms with Gasteiger partial charge in [0.15, 0.2) is 11.6 Å². The Morgan fingerprint density at radius 2 is 1.59 bits per heavy atom. The van der Waals surface area contributed by atoms with Crippen molar-refractivity contribution in [1.29, 1.82) is 0 Å². The van der Waals surface area contributed by atoms with Crippen LogP contribution >= 0.6 is 0 Å². The molecule has 0 unspecified atom stereocenters. The summed E-state index contributed by atoms with van der Waals surface area (Å²) in [5.41, 5.74) is 4.42. The van der Waals surface area contributed by atoms with E-state index in [0.717, 1.165) is 27.7 Å². The molecular weight excluding hydrogens is 400 g/mol. The number of fused-ring (bicyclic) bond motifs is 2. The second-order valence-corrected chi connectivity index (χ2v) is 7.91. The lowest BCUT2D eigenvalue weighted by molar-refractivity contribution is -0.116. The number of Topliss-reactive ketones (excluding diaryl/α,β-unsaturated/α-hetero) is 2. The van der Waals surface area contributed by atoms with Crippen molar-refractivity contribution in [1.82, 2.24) is 4.57 Å². The molecule has 0 bridgehead atoms. The molecule has 0 atom stereocenters. The molecule has 0 saturated carbocycles. The quantitative estimate of drug-likeness (QED) is 0.371. The average molecular weight is 420 g/mol. The Kier molecular flexibility index (Phi) is 4.79. The Balaban J connectivity index is 1.49. The highest BCUT2D eigenvalue weighted by atomic mass is 16.2. The molecule has 1 heterocycles. The normalized spacial score (nSPS) is 12.8. The van der Waals surface area contributed by atoms with Gasteiger partial charge < -0.3 is 9.88 Å². The van der Waals surface area contributed by atoms with Gasteiger partial charge in [0.2, 0.25) is 5.91 Å². The highest BCUT2D eigenvalue weighted by Crippen LogP contribution is 2.30. The van der Waals surface area contributed by atoms with Crippen LogP contribution in [0.15, 0.2) is 84.6 Å². The molecule has 1 N–H and O–H groups in total. The van der Waals surface area contributed by atoms with E-state index in [1.54, 1.807) is 30.3 Å². The number of rotatable bonds is 4. The zero-order chi connectivity index (χ0) is 22.2. The lowest BCUT2D eigenvalue weighted by Gasteiger charge is -2.08. The minimum Gasteiger partial charge on any atom is -0.337 e. The van der Waals surface area contributed by atoms with E-state index in [0.29, 0.717) is 11.1 Å². The van der Waals surface area contributed by atoms with E-state index < -0.39 is 0 Å². The number of ketones is 2. The summed E-state index contributed by atoms with van der Waals surface area (Å²) in [6, 6.07) is 22.1. The third-order valence-electron chi connectivity index (χ3n) is 5.64. The van der Waals surface area contributed by atoms with E-state index in [1.807, 2.05) is 66.2 Å². The molecule has 4 aromatic rings. The first kappa shape index (κ1) is 19.7. The molecule has 0 saturated heterocycles. The molecule has 0 radical (unpaired) electrons. The first-order valence-corrected chi connectivity index (χ1v) is 10.4. The zero-order valence-corrected chi connectivity index (χ0v) is 17.5. The van der Waals surface area contributed by atoms with Crippen LogP contribution < -0.4 is 5.32 Å². The van der Waals surface area contributed by atoms with Gasteiger partial charge in [0.1, 0.15) is 6.54 Å². The smallest absolute Gasteiger partial charge is 0.244 e. The molecule has 5 nitrogen and oxygen atoms in total. The number of nitrogens with one attached hydrogen (secondary N) is 1. The van der Waals surface area contributed by atoms with Gasteiger partial charge in [0.25, 0.3) is 0 Å². The molecule has 5 heteroatoms. The summed E-state index contributed by atoms with van der Waals surface area (Å²) in [5.74, 6) is -0.685. The van der Waals surface area contributed by atoms with Gasteiger partial charge in [0, 0.05) is 39.5 Å². The predicted octanol–water partition coefficient (Wildman–Crippen LogP) is 5.05. The van der Waals surface area contributed by atoms with Crippen molar-refractivity contribution < 1.29 is 14.4 Å². The van der Waals surface area contributed by atoms with Crippen LogP contribution in [0.25, 0.3) is 17.0 Å². The second-order valence-electron chi connectivity index (χ2n) is 7.91. The van der Waals surface area contributed by atoms with Gasteiger partial charge >= 0.3 is 0 Å². The fraction of sp³-hybridized carbons (Fsp3) is 0.0741. The summed E-state index contributed by atoms with van der Waals surface area (Å²) in [6.45, 7) is 2.08. The van der Waals surface area contributed by atoms with Crippen molar-refractivity contribution in [3.05, 3.63) is 107 Å². The number of benzene rings is 3. The van der Waals surface area contributed by atoms with E-state index >= 15 is 0 Å². The molecule has 5 rings (SSSR count). The van der Waals surface area contributed by atoms with Crippen molar-refractivity contribution in [3.8, 4) is 0 Å². The SMILES string of the molecule is Cc1cccc(NC(=O)Cn2cc(C=C3C(=O)c4ccccc4C3=O)c3ccccc32)c1. The summed E-state index contributed by atoms with van der Waals surface area (Å²) >= 11 is 0. The summed E-state index contributed by atoms with van der Waals surface area (Å²) in [4.78, 5) is 38.3. The largest absolute Gasteiger partial charge is 0.337 e. The van der Waals surface area contributed by atoms with E-state index in [2.05, 4.69) is 5.32 Å². The van der Waals surface area contributed by atoms with E-state index in [1.165, 1.54) is 0 Å². The highest BCUT2D eigenvalue weighted by Gasteiger charge is 2.32. The van der Waals surface area contributed by atoms with E-state index in [-0.39, 0.29) is 29.6 Å². The van der Waals surface area contributed by atoms with Gasteiger partial charge in [-0.3, -0.25) is 14.4 Å². The van der Waals surface area contributed by atoms with Crippen LogP contribution in [0.5, 0.6) is 0 Å². The van der Waals surface area contributed by atoms with Crippen LogP contribution in [0.1, 0.15) is 31.8 Å². The third-order valence-corrected chi connectivity index (χ3v) is 5.64. The van der Waals surface area contributed by atoms with Crippen LogP contribution in [0.3, 0.4) is 0 Å². The molecule has 32 heavy (non-hydrogen) atoms. The Labute approximate surface area is 185 Å². The monoisotopic (exact) mass is 420 g/mol. The topological polar surface area (TPSA) is 68.2 Å². The third kappa shape index (κ3) is 3.44. The number of amides is 1. The van der Waals surface area contributed by atoms with Crippen molar-refractivity contribution in [2.45, 2.75) is 13.5 Å². The molecule has 1 aliphatic carbocycles. The fourth-order valence-electron chi connectivity index (χ4n) is 4.16. The van der Waals surface area contributed by atoms with Crippen LogP contribution in [0.4, 0.5) is 5.69 Å². The summed E-state index contributed by atoms with van der Waals surface area (Å²) in [6.07, 6.45) is 3.46. The van der Waals surface area contributed by atoms with Gasteiger partial charge in [-0.25, -0.2) is 0 Å². The Hall–Kier alpha value is -4.25. The molecule has 1 aliphatic rings. The van der Waals surface area contributed by atoms with Gasteiger partial charge in [-0.15, -0.1) is 0 Å². The van der Waals surface area contributed by atoms with Crippen molar-refractivity contribution in [2.24, 2.45) is 0 Å². The predicted molar refractivity (Wildman–Crippen MR) is 125 cm³/mol. The number of aromatic nitrogens is 1. The van der Waals surface area contributed by atoms with Gasteiger partial charge in [-0.1, -0.05) is 54.6 Å². The van der Waals surface area contributed by atoms with Gasteiger partial charge in [-0.2, -0.15) is 0 Å². The molecule has 1 amide bonds. The number of nitrogens with zero attached hydrogens (tertiary/aromatic N) is 1. The standard InChI is InChI=1S/C27H20N2O3/c1-17-7-6-8-19(13-17)28-25(30)16-29-15-18(20-9-4-5-12-24(20)29)14-23-26(31)21-10-2-3-11-22(21)27(23)32/h2-15H,16H2,1H3,(H,28,30). The lowest BCUT2D eigenvalue weighted by Crippen LogP contribution is -2.18. The molecule has 3 aromatic carbocycles. The molecule has 0 fully saturated rings. The van der Waals surface area contributed by atoms with E-state index in [4.69, 9.17) is 0 Å². The number of anilines is 1. The maximum atomic E-state index is 12.8. The maximum absolute atomic E-state index is 12.8. The number of para-hydroxylation sites is 1. The molecular formula is C27H20N2O3. The summed E-state index contributed by atoms with van der Waals surface area (Å²) < 4.78 is 1.84. The average Bonchev–Trinajstić information content (AvgIpc) is 3.25. The first-order valence-electron chi connectivity index (χ1n) is 10.4. The van der Waals surface area contributed by atoms with Crippen molar-refractivity contribution in [3.63, 3.8) is 0 Å². The second kappa shape index (κ2) is 7.78. The number of carbonyl (C=O) groups is 3. The van der Waals surface area contributed by atoms with Gasteiger partial charge in [-0.05, 0) is 36.8 Å². The summed E-state index contributed by atoms with van der Waals surface area (Å²) in [7, 11) is 0. The Morgan fingerprint density at radius 1 is 0.906 bits per heavy atom. The number of aryl methyl sites for hydroxylation is 1. The highest BCUT2D eigenvalue weighted by molar-refractivity contribution is 6.41. The minimum absolute atomic E-state index is 0.111. The van der Waals surface area contributed by atoms with Crippen LogP contribution in [0, 0.1) is 6.92 Å². The molecule has 1 aromatic heterocycles. The number of hydrogen-bond donors (Lipinski definition) is 1. The van der Waals surface area contributed by atoms with Crippen LogP contribution in [-0.2, 0) is 11.3 Å². The first-order chi connectivity index (χ1) is 15.5. The lowest BCUT2D eigenvalue weighted by atomic mass is 10.1. The number of hydrogen-bond acceptors (Lipinski definition) is 3. The zero-order valence-electron chi connectivity index (χ0n) is 17.5. The van der Waals surface area contributed by atoms with Crippen molar-refractivity contribution in [2.75, 3.05) is 5.32 Å². The molecule has 156 valence electrons. The fourth-order valence-corrected chi connectivity index (χ4v) is 4.16.